The van der Waals surface area contributed by atoms with E-state index in [9.17, 15) is 5.11 Å². The van der Waals surface area contributed by atoms with Gasteiger partial charge in [0.1, 0.15) is 0 Å². The fraction of sp³-hybridized carbons (Fsp3) is 1.00. The van der Waals surface area contributed by atoms with E-state index in [1.54, 1.807) is 0 Å². The third-order valence-electron chi connectivity index (χ3n) is 4.55. The molecule has 18 heavy (non-hydrogen) atoms. The van der Waals surface area contributed by atoms with Crippen LogP contribution in [-0.2, 0) is 9.47 Å². The number of rotatable bonds is 3. The molecule has 1 aliphatic carbocycles. The molecule has 0 radical (unpaired) electrons. The Balaban J connectivity index is 1.81. The number of aliphatic hydroxyl groups is 1. The van der Waals surface area contributed by atoms with Gasteiger partial charge in [-0.05, 0) is 37.0 Å². The topological polar surface area (TPSA) is 38.7 Å². The molecule has 106 valence electrons. The Hall–Kier alpha value is -0.120. The van der Waals surface area contributed by atoms with Crippen LogP contribution in [0.15, 0.2) is 0 Å². The quantitative estimate of drug-likeness (QED) is 0.843. The summed E-state index contributed by atoms with van der Waals surface area (Å²) in [6.07, 6.45) is 3.86. The molecule has 3 heteroatoms. The summed E-state index contributed by atoms with van der Waals surface area (Å²) in [5.41, 5.74) is 0.318. The van der Waals surface area contributed by atoms with Crippen LogP contribution in [0.2, 0.25) is 0 Å². The maximum Gasteiger partial charge on any atom is 0.0836 e. The van der Waals surface area contributed by atoms with Gasteiger partial charge in [-0.2, -0.15) is 0 Å². The molecule has 4 unspecified atom stereocenters. The zero-order valence-electron chi connectivity index (χ0n) is 12.0. The molecule has 0 amide bonds. The second kappa shape index (κ2) is 5.89. The largest absolute Gasteiger partial charge is 0.390 e. The van der Waals surface area contributed by atoms with E-state index in [-0.39, 0.29) is 12.2 Å². The monoisotopic (exact) mass is 256 g/mol. The molecule has 1 aliphatic heterocycles. The Labute approximate surface area is 111 Å². The van der Waals surface area contributed by atoms with Crippen LogP contribution in [0.4, 0.5) is 0 Å². The second-order valence-electron chi connectivity index (χ2n) is 7.04. The SMILES string of the molecule is CC(C)(C)C1CCC(O)C(OCC2CCOC2)C1. The molecule has 1 heterocycles. The molecule has 1 saturated heterocycles. The first-order valence-electron chi connectivity index (χ1n) is 7.34. The molecule has 0 aromatic heterocycles. The molecule has 0 spiro atoms. The van der Waals surface area contributed by atoms with Gasteiger partial charge in [-0.3, -0.25) is 0 Å². The third kappa shape index (κ3) is 3.69. The predicted octanol–water partition coefficient (Wildman–Crippen LogP) is 2.62. The van der Waals surface area contributed by atoms with Crippen molar-refractivity contribution >= 4 is 0 Å². The summed E-state index contributed by atoms with van der Waals surface area (Å²) in [4.78, 5) is 0. The van der Waals surface area contributed by atoms with Gasteiger partial charge in [0, 0.05) is 12.5 Å². The van der Waals surface area contributed by atoms with E-state index in [1.165, 1.54) is 0 Å². The van der Waals surface area contributed by atoms with Crippen molar-refractivity contribution in [3.63, 3.8) is 0 Å². The smallest absolute Gasteiger partial charge is 0.0836 e. The van der Waals surface area contributed by atoms with Gasteiger partial charge in [-0.15, -0.1) is 0 Å². The summed E-state index contributed by atoms with van der Waals surface area (Å²) >= 11 is 0. The second-order valence-corrected chi connectivity index (χ2v) is 7.04. The summed E-state index contributed by atoms with van der Waals surface area (Å²) in [6, 6.07) is 0. The zero-order chi connectivity index (χ0) is 13.2. The first-order valence-corrected chi connectivity index (χ1v) is 7.34. The van der Waals surface area contributed by atoms with Gasteiger partial charge < -0.3 is 14.6 Å². The van der Waals surface area contributed by atoms with Crippen LogP contribution in [0.1, 0.15) is 46.5 Å². The average molecular weight is 256 g/mol. The predicted molar refractivity (Wildman–Crippen MR) is 71.5 cm³/mol. The van der Waals surface area contributed by atoms with Crippen molar-refractivity contribution in [1.82, 2.24) is 0 Å². The Bertz CT molecular complexity index is 253. The van der Waals surface area contributed by atoms with Crippen molar-refractivity contribution in [1.29, 1.82) is 0 Å². The fourth-order valence-electron chi connectivity index (χ4n) is 3.05. The van der Waals surface area contributed by atoms with E-state index in [4.69, 9.17) is 9.47 Å². The average Bonchev–Trinajstić information content (AvgIpc) is 2.79. The molecule has 4 atom stereocenters. The minimum atomic E-state index is -0.272. The van der Waals surface area contributed by atoms with Crippen LogP contribution in [0.3, 0.4) is 0 Å². The number of hydrogen-bond acceptors (Lipinski definition) is 3. The van der Waals surface area contributed by atoms with Crippen LogP contribution in [0.5, 0.6) is 0 Å². The van der Waals surface area contributed by atoms with Crippen molar-refractivity contribution in [3.8, 4) is 0 Å². The first-order chi connectivity index (χ1) is 8.47. The lowest BCUT2D eigenvalue weighted by Gasteiger charge is -2.40. The van der Waals surface area contributed by atoms with Crippen molar-refractivity contribution in [2.45, 2.75) is 58.7 Å². The van der Waals surface area contributed by atoms with E-state index in [0.717, 1.165) is 45.5 Å². The molecule has 2 fully saturated rings. The Morgan fingerprint density at radius 1 is 1.22 bits per heavy atom. The molecule has 2 aliphatic rings. The minimum Gasteiger partial charge on any atom is -0.390 e. The summed E-state index contributed by atoms with van der Waals surface area (Å²) in [5.74, 6) is 1.19. The lowest BCUT2D eigenvalue weighted by atomic mass is 9.71. The van der Waals surface area contributed by atoms with Crippen LogP contribution in [0.25, 0.3) is 0 Å². The zero-order valence-corrected chi connectivity index (χ0v) is 12.0. The van der Waals surface area contributed by atoms with Crippen molar-refractivity contribution in [2.24, 2.45) is 17.3 Å². The summed E-state index contributed by atoms with van der Waals surface area (Å²) in [7, 11) is 0. The summed E-state index contributed by atoms with van der Waals surface area (Å²) in [6.45, 7) is 9.31. The standard InChI is InChI=1S/C15H28O3/c1-15(2,3)12-4-5-13(16)14(8-12)18-10-11-6-7-17-9-11/h11-14,16H,4-10H2,1-3H3. The van der Waals surface area contributed by atoms with Gasteiger partial charge in [0.2, 0.25) is 0 Å². The Morgan fingerprint density at radius 3 is 2.61 bits per heavy atom. The number of aliphatic hydroxyl groups excluding tert-OH is 1. The highest BCUT2D eigenvalue weighted by Crippen LogP contribution is 2.39. The lowest BCUT2D eigenvalue weighted by Crippen LogP contribution is -2.40. The fourth-order valence-corrected chi connectivity index (χ4v) is 3.05. The van der Waals surface area contributed by atoms with Gasteiger partial charge in [0.05, 0.1) is 25.4 Å². The van der Waals surface area contributed by atoms with Crippen molar-refractivity contribution in [3.05, 3.63) is 0 Å². The lowest BCUT2D eigenvalue weighted by molar-refractivity contribution is -0.0921. The highest BCUT2D eigenvalue weighted by Gasteiger charge is 2.36. The van der Waals surface area contributed by atoms with Crippen LogP contribution in [-0.4, -0.2) is 37.1 Å². The van der Waals surface area contributed by atoms with Gasteiger partial charge in [-0.1, -0.05) is 20.8 Å². The van der Waals surface area contributed by atoms with E-state index < -0.39 is 0 Å². The van der Waals surface area contributed by atoms with E-state index in [2.05, 4.69) is 20.8 Å². The Morgan fingerprint density at radius 2 is 2.00 bits per heavy atom. The molecule has 1 N–H and O–H groups in total. The summed E-state index contributed by atoms with van der Waals surface area (Å²) < 4.78 is 11.3. The van der Waals surface area contributed by atoms with Crippen molar-refractivity contribution < 1.29 is 14.6 Å². The molecule has 0 aromatic rings. The van der Waals surface area contributed by atoms with Gasteiger partial charge in [-0.25, -0.2) is 0 Å². The third-order valence-corrected chi connectivity index (χ3v) is 4.55. The summed E-state index contributed by atoms with van der Waals surface area (Å²) in [5, 5.41) is 10.1. The number of ether oxygens (including phenoxy) is 2. The molecular weight excluding hydrogens is 228 g/mol. The normalized spacial score (nSPS) is 38.0. The molecule has 3 nitrogen and oxygen atoms in total. The van der Waals surface area contributed by atoms with E-state index in [1.807, 2.05) is 0 Å². The van der Waals surface area contributed by atoms with Crippen LogP contribution in [0, 0.1) is 17.3 Å². The van der Waals surface area contributed by atoms with Crippen molar-refractivity contribution in [2.75, 3.05) is 19.8 Å². The van der Waals surface area contributed by atoms with E-state index in [0.29, 0.717) is 17.3 Å². The molecule has 0 bridgehead atoms. The van der Waals surface area contributed by atoms with Gasteiger partial charge >= 0.3 is 0 Å². The maximum atomic E-state index is 10.1. The van der Waals surface area contributed by atoms with Crippen LogP contribution < -0.4 is 0 Å². The minimum absolute atomic E-state index is 0.0311. The maximum absolute atomic E-state index is 10.1. The Kier molecular flexibility index (Phi) is 4.68. The van der Waals surface area contributed by atoms with Crippen LogP contribution >= 0.6 is 0 Å². The van der Waals surface area contributed by atoms with E-state index >= 15 is 0 Å². The molecular formula is C15H28O3. The number of hydrogen-bond donors (Lipinski definition) is 1. The highest BCUT2D eigenvalue weighted by atomic mass is 16.5. The highest BCUT2D eigenvalue weighted by molar-refractivity contribution is 4.86. The first kappa shape index (κ1) is 14.3. The van der Waals surface area contributed by atoms with Gasteiger partial charge in [0.25, 0.3) is 0 Å². The molecule has 1 saturated carbocycles. The van der Waals surface area contributed by atoms with Gasteiger partial charge in [0.15, 0.2) is 0 Å². The molecule has 2 rings (SSSR count). The molecule has 0 aromatic carbocycles.